The van der Waals surface area contributed by atoms with Crippen LogP contribution in [0.1, 0.15) is 19.1 Å². The lowest BCUT2D eigenvalue weighted by Crippen LogP contribution is -2.39. The van der Waals surface area contributed by atoms with Gasteiger partial charge in [-0.3, -0.25) is 4.99 Å². The number of nitrogens with one attached hydrogen (secondary N) is 2. The number of rotatable bonds is 10. The number of thioether (sulfide) groups is 1. The van der Waals surface area contributed by atoms with E-state index in [1.165, 1.54) is 0 Å². The van der Waals surface area contributed by atoms with Crippen LogP contribution in [0.25, 0.3) is 0 Å². The second kappa shape index (κ2) is 14.3. The van der Waals surface area contributed by atoms with Crippen LogP contribution >= 0.6 is 35.7 Å². The van der Waals surface area contributed by atoms with Gasteiger partial charge in [-0.1, -0.05) is 13.0 Å². The molecule has 0 aromatic carbocycles. The lowest BCUT2D eigenvalue weighted by atomic mass is 10.3. The lowest BCUT2D eigenvalue weighted by Gasteiger charge is -2.11. The molecule has 6 heteroatoms. The molecular formula is C15H26IN3OS. The molecule has 0 radical (unpaired) electrons. The molecule has 0 saturated carbocycles. The van der Waals surface area contributed by atoms with E-state index in [0.29, 0.717) is 0 Å². The molecular weight excluding hydrogens is 397 g/mol. The van der Waals surface area contributed by atoms with E-state index in [-0.39, 0.29) is 24.0 Å². The van der Waals surface area contributed by atoms with Crippen LogP contribution in [0.4, 0.5) is 0 Å². The summed E-state index contributed by atoms with van der Waals surface area (Å²) >= 11 is 1.86. The lowest BCUT2D eigenvalue weighted by molar-refractivity contribution is 0.507. The van der Waals surface area contributed by atoms with E-state index in [0.717, 1.165) is 55.7 Å². The smallest absolute Gasteiger partial charge is 0.191 e. The molecule has 120 valence electrons. The third-order valence-electron chi connectivity index (χ3n) is 2.51. The van der Waals surface area contributed by atoms with E-state index in [1.54, 1.807) is 6.26 Å². The zero-order chi connectivity index (χ0) is 14.5. The predicted molar refractivity (Wildman–Crippen MR) is 104 cm³/mol. The molecule has 0 unspecified atom stereocenters. The number of hydrogen-bond donors (Lipinski definition) is 2. The zero-order valence-electron chi connectivity index (χ0n) is 12.6. The number of halogens is 1. The van der Waals surface area contributed by atoms with Crippen molar-refractivity contribution in [1.82, 2.24) is 10.6 Å². The third kappa shape index (κ3) is 10.7. The molecule has 1 aromatic rings. The van der Waals surface area contributed by atoms with Gasteiger partial charge in [0.15, 0.2) is 5.96 Å². The molecule has 0 spiro atoms. The van der Waals surface area contributed by atoms with Crippen LogP contribution in [0.15, 0.2) is 40.5 Å². The van der Waals surface area contributed by atoms with Gasteiger partial charge in [0.2, 0.25) is 0 Å². The summed E-state index contributed by atoms with van der Waals surface area (Å²) in [6.45, 7) is 8.42. The number of hydrogen-bond acceptors (Lipinski definition) is 3. The largest absolute Gasteiger partial charge is 0.469 e. The minimum absolute atomic E-state index is 0. The Bertz CT molecular complexity index is 382. The van der Waals surface area contributed by atoms with Gasteiger partial charge in [0.05, 0.1) is 6.26 Å². The molecule has 1 rings (SSSR count). The standard InChI is InChI=1S/C15H25N3OS.HI/c1-3-8-16-15(18-10-13-20-12-4-2)17-9-7-14-6-5-11-19-14;/h4-6,11H,2-3,7-10,12-13H2,1H3,(H2,16,17,18);1H. The summed E-state index contributed by atoms with van der Waals surface area (Å²) in [5, 5.41) is 6.68. The first-order valence-electron chi connectivity index (χ1n) is 7.10. The van der Waals surface area contributed by atoms with Crippen molar-refractivity contribution in [2.75, 3.05) is 31.1 Å². The summed E-state index contributed by atoms with van der Waals surface area (Å²) in [5.74, 6) is 3.93. The highest BCUT2D eigenvalue weighted by Gasteiger charge is 1.99. The van der Waals surface area contributed by atoms with Crippen LogP contribution in [-0.4, -0.2) is 37.1 Å². The van der Waals surface area contributed by atoms with E-state index in [9.17, 15) is 0 Å². The van der Waals surface area contributed by atoms with Crippen LogP contribution in [0.2, 0.25) is 0 Å². The Labute approximate surface area is 149 Å². The van der Waals surface area contributed by atoms with E-state index in [2.05, 4.69) is 29.1 Å². The van der Waals surface area contributed by atoms with Crippen LogP contribution in [-0.2, 0) is 6.42 Å². The van der Waals surface area contributed by atoms with Gasteiger partial charge >= 0.3 is 0 Å². The zero-order valence-corrected chi connectivity index (χ0v) is 15.8. The highest BCUT2D eigenvalue weighted by atomic mass is 127. The molecule has 0 fully saturated rings. The van der Waals surface area contributed by atoms with E-state index in [4.69, 9.17) is 4.42 Å². The molecule has 0 amide bonds. The highest BCUT2D eigenvalue weighted by Crippen LogP contribution is 1.99. The normalized spacial score (nSPS) is 10.8. The van der Waals surface area contributed by atoms with Gasteiger partial charge in [-0.25, -0.2) is 0 Å². The maximum absolute atomic E-state index is 5.31. The molecule has 1 heterocycles. The molecule has 0 saturated heterocycles. The van der Waals surface area contributed by atoms with Crippen molar-refractivity contribution in [1.29, 1.82) is 0 Å². The molecule has 0 bridgehead atoms. The SMILES string of the molecule is C=CCSCCNC(=NCCC)NCCc1ccco1.I. The number of nitrogens with zero attached hydrogens (tertiary/aromatic N) is 1. The van der Waals surface area contributed by atoms with E-state index >= 15 is 0 Å². The van der Waals surface area contributed by atoms with Gasteiger partial charge in [0, 0.05) is 37.6 Å². The molecule has 0 aliphatic heterocycles. The first kappa shape index (κ1) is 20.4. The molecule has 0 aliphatic rings. The molecule has 0 aliphatic carbocycles. The van der Waals surface area contributed by atoms with Crippen molar-refractivity contribution >= 4 is 41.7 Å². The molecule has 0 atom stereocenters. The van der Waals surface area contributed by atoms with Crippen molar-refractivity contribution in [3.63, 3.8) is 0 Å². The minimum Gasteiger partial charge on any atom is -0.469 e. The van der Waals surface area contributed by atoms with Crippen molar-refractivity contribution in [3.05, 3.63) is 36.8 Å². The van der Waals surface area contributed by atoms with Gasteiger partial charge in [-0.05, 0) is 18.6 Å². The Morgan fingerprint density at radius 3 is 2.90 bits per heavy atom. The summed E-state index contributed by atoms with van der Waals surface area (Å²) < 4.78 is 5.31. The van der Waals surface area contributed by atoms with Gasteiger partial charge in [-0.2, -0.15) is 11.8 Å². The van der Waals surface area contributed by atoms with Crippen molar-refractivity contribution in [3.8, 4) is 0 Å². The highest BCUT2D eigenvalue weighted by molar-refractivity contribution is 14.0. The Morgan fingerprint density at radius 1 is 1.43 bits per heavy atom. The second-order valence-electron chi connectivity index (χ2n) is 4.28. The fourth-order valence-corrected chi connectivity index (χ4v) is 2.14. The molecule has 2 N–H and O–H groups in total. The fraction of sp³-hybridized carbons (Fsp3) is 0.533. The quantitative estimate of drug-likeness (QED) is 0.199. The summed E-state index contributed by atoms with van der Waals surface area (Å²) in [4.78, 5) is 4.51. The van der Waals surface area contributed by atoms with Gasteiger partial charge in [0.1, 0.15) is 5.76 Å². The summed E-state index contributed by atoms with van der Waals surface area (Å²) in [5.41, 5.74) is 0. The third-order valence-corrected chi connectivity index (χ3v) is 3.48. The van der Waals surface area contributed by atoms with Crippen LogP contribution in [0.3, 0.4) is 0 Å². The number of furan rings is 1. The summed E-state index contributed by atoms with van der Waals surface area (Å²) in [6, 6.07) is 3.90. The van der Waals surface area contributed by atoms with Crippen molar-refractivity contribution in [2.45, 2.75) is 19.8 Å². The average molecular weight is 423 g/mol. The Balaban J connectivity index is 0.00000400. The van der Waals surface area contributed by atoms with Gasteiger partial charge in [0.25, 0.3) is 0 Å². The van der Waals surface area contributed by atoms with Gasteiger partial charge in [-0.15, -0.1) is 30.6 Å². The van der Waals surface area contributed by atoms with Crippen LogP contribution in [0.5, 0.6) is 0 Å². The fourth-order valence-electron chi connectivity index (χ4n) is 1.57. The van der Waals surface area contributed by atoms with E-state index in [1.807, 2.05) is 30.0 Å². The molecule has 4 nitrogen and oxygen atoms in total. The van der Waals surface area contributed by atoms with Crippen LogP contribution in [0, 0.1) is 0 Å². The summed E-state index contributed by atoms with van der Waals surface area (Å²) in [7, 11) is 0. The van der Waals surface area contributed by atoms with Crippen molar-refractivity contribution < 1.29 is 4.42 Å². The van der Waals surface area contributed by atoms with Crippen molar-refractivity contribution in [2.24, 2.45) is 4.99 Å². The summed E-state index contributed by atoms with van der Waals surface area (Å²) in [6.07, 6.45) is 5.55. The maximum atomic E-state index is 5.31. The minimum atomic E-state index is 0. The Morgan fingerprint density at radius 2 is 2.24 bits per heavy atom. The van der Waals surface area contributed by atoms with Crippen LogP contribution < -0.4 is 10.6 Å². The predicted octanol–water partition coefficient (Wildman–Crippen LogP) is 3.30. The van der Waals surface area contributed by atoms with Gasteiger partial charge < -0.3 is 15.1 Å². The number of guanidine groups is 1. The first-order valence-corrected chi connectivity index (χ1v) is 8.25. The number of aliphatic imine (C=N–C) groups is 1. The van der Waals surface area contributed by atoms with E-state index < -0.39 is 0 Å². The monoisotopic (exact) mass is 423 g/mol. The second-order valence-corrected chi connectivity index (χ2v) is 5.43. The maximum Gasteiger partial charge on any atom is 0.191 e. The Kier molecular flexibility index (Phi) is 13.9. The Hall–Kier alpha value is -0.630. The average Bonchev–Trinajstić information content (AvgIpc) is 2.97. The topological polar surface area (TPSA) is 49.6 Å². The molecule has 1 aromatic heterocycles. The first-order chi connectivity index (χ1) is 9.86. The molecule has 21 heavy (non-hydrogen) atoms.